The van der Waals surface area contributed by atoms with Gasteiger partial charge in [0.05, 0.1) is 17.3 Å². The molecule has 1 aromatic heterocycles. The molecule has 3 aromatic rings. The lowest BCUT2D eigenvalue weighted by atomic mass is 9.66. The van der Waals surface area contributed by atoms with Crippen molar-refractivity contribution >= 4 is 45.5 Å². The molecule has 5 rings (SSSR count). The molecule has 2 heterocycles. The van der Waals surface area contributed by atoms with Crippen LogP contribution in [0.2, 0.25) is 5.02 Å². The zero-order chi connectivity index (χ0) is 31.2. The zero-order valence-electron chi connectivity index (χ0n) is 26.1. The second-order valence-corrected chi connectivity index (χ2v) is 15.3. The number of rotatable bonds is 12. The largest absolute Gasteiger partial charge is 0.491 e. The smallest absolute Gasteiger partial charge is 0.263 e. The number of carbonyl (C=O) groups excluding carboxylic acids is 1. The number of fused-ring (bicyclic) bond motifs is 1. The van der Waals surface area contributed by atoms with Crippen LogP contribution in [0.4, 0.5) is 5.69 Å². The normalized spacial score (nSPS) is 21.3. The third-order valence-electron chi connectivity index (χ3n) is 8.84. The number of anilines is 1. The van der Waals surface area contributed by atoms with Gasteiger partial charge in [0.15, 0.2) is 0 Å². The van der Waals surface area contributed by atoms with E-state index in [4.69, 9.17) is 21.3 Å². The lowest BCUT2D eigenvalue weighted by molar-refractivity contribution is 0.0982. The fraction of sp³-hybridized carbons (Fsp3) is 0.486. The van der Waals surface area contributed by atoms with Crippen LogP contribution in [0.3, 0.4) is 0 Å². The molecule has 5 unspecified atom stereocenters. The van der Waals surface area contributed by atoms with Crippen LogP contribution in [-0.4, -0.2) is 40.0 Å². The molecule has 0 spiro atoms. The van der Waals surface area contributed by atoms with E-state index in [-0.39, 0.29) is 17.1 Å². The van der Waals surface area contributed by atoms with Gasteiger partial charge >= 0.3 is 0 Å². The first-order valence-electron chi connectivity index (χ1n) is 15.9. The molecule has 236 valence electrons. The molecule has 0 bridgehead atoms. The van der Waals surface area contributed by atoms with Crippen molar-refractivity contribution in [2.24, 2.45) is 11.8 Å². The Balaban J connectivity index is 1.48. The van der Waals surface area contributed by atoms with Crippen LogP contribution in [0.1, 0.15) is 91.7 Å². The minimum atomic E-state index is -1.45. The molecule has 1 aliphatic heterocycles. The van der Waals surface area contributed by atoms with E-state index in [1.54, 1.807) is 17.4 Å². The Kier molecular flexibility index (Phi) is 11.2. The summed E-state index contributed by atoms with van der Waals surface area (Å²) in [7, 11) is -1.45. The van der Waals surface area contributed by atoms with Crippen molar-refractivity contribution in [2.45, 2.75) is 76.9 Å². The Bertz CT molecular complexity index is 1480. The maximum Gasteiger partial charge on any atom is 0.263 e. The van der Waals surface area contributed by atoms with Gasteiger partial charge in [-0.25, -0.2) is 9.19 Å². The summed E-state index contributed by atoms with van der Waals surface area (Å²) in [4.78, 5) is 20.3. The highest BCUT2D eigenvalue weighted by Gasteiger charge is 2.40. The summed E-state index contributed by atoms with van der Waals surface area (Å²) >= 11 is 8.18. The summed E-state index contributed by atoms with van der Waals surface area (Å²) in [6, 6.07) is 11.8. The van der Waals surface area contributed by atoms with E-state index in [1.165, 1.54) is 22.6 Å². The number of carbonyl (C=O) groups is 1. The molecule has 5 atom stereocenters. The van der Waals surface area contributed by atoms with Crippen molar-refractivity contribution < 1.29 is 13.7 Å². The summed E-state index contributed by atoms with van der Waals surface area (Å²) < 4.78 is 21.6. The van der Waals surface area contributed by atoms with Crippen molar-refractivity contribution in [3.05, 3.63) is 86.8 Å². The molecule has 0 radical (unpaired) electrons. The molecule has 6 nitrogen and oxygen atoms in total. The number of aromatic nitrogens is 1. The Morgan fingerprint density at radius 3 is 2.75 bits per heavy atom. The van der Waals surface area contributed by atoms with Crippen molar-refractivity contribution in [3.63, 3.8) is 0 Å². The van der Waals surface area contributed by atoms with Gasteiger partial charge in [-0.1, -0.05) is 50.1 Å². The van der Waals surface area contributed by atoms with Crippen LogP contribution >= 0.6 is 22.9 Å². The van der Waals surface area contributed by atoms with Crippen LogP contribution in [0, 0.1) is 11.8 Å². The molecule has 1 fully saturated rings. The number of ether oxygens (including phenoxy) is 1. The zero-order valence-corrected chi connectivity index (χ0v) is 28.5. The number of amides is 1. The van der Waals surface area contributed by atoms with Crippen molar-refractivity contribution in [3.8, 4) is 5.75 Å². The number of thiazole rings is 1. The number of benzene rings is 2. The predicted molar refractivity (Wildman–Crippen MR) is 184 cm³/mol. The van der Waals surface area contributed by atoms with Gasteiger partial charge in [-0.2, -0.15) is 0 Å². The second kappa shape index (κ2) is 15.1. The van der Waals surface area contributed by atoms with Gasteiger partial charge in [0.2, 0.25) is 0 Å². The number of allylic oxidation sites excluding steroid dienone is 2. The molecule has 1 saturated carbocycles. The van der Waals surface area contributed by atoms with E-state index in [2.05, 4.69) is 53.1 Å². The Morgan fingerprint density at radius 2 is 2.07 bits per heavy atom. The van der Waals surface area contributed by atoms with Gasteiger partial charge in [-0.3, -0.25) is 9.52 Å². The van der Waals surface area contributed by atoms with Gasteiger partial charge in [0.25, 0.3) is 5.91 Å². The first-order valence-corrected chi connectivity index (χ1v) is 18.3. The standard InChI is InChI=1S/C35H44ClN3O3S2/c1-5-7-9-31(35-37-16-17-43-35)30-13-10-26(30)20-39-21-27(29-14-12-28(36)18-24(29)8-6-2)22-42-33-15-11-25(19-32(33)39)34(40)38-44(41)23(3)4/h7,9,11-12,14-19,23,26-27,30-31H,5-6,8,10,13,20-22H2,1-4H3,(H,38,40)/b9-7+. The Hall–Kier alpha value is -2.68. The second-order valence-electron chi connectivity index (χ2n) is 12.2. The molecule has 44 heavy (non-hydrogen) atoms. The number of aryl methyl sites for hydroxylation is 1. The van der Waals surface area contributed by atoms with Crippen LogP contribution in [0.5, 0.6) is 5.75 Å². The Morgan fingerprint density at radius 1 is 1.23 bits per heavy atom. The maximum absolute atomic E-state index is 13.1. The first-order chi connectivity index (χ1) is 21.3. The summed E-state index contributed by atoms with van der Waals surface area (Å²) in [5.41, 5.74) is 3.95. The molecule has 2 aromatic carbocycles. The third-order valence-corrected chi connectivity index (χ3v) is 11.2. The number of nitrogens with one attached hydrogen (secondary N) is 1. The minimum absolute atomic E-state index is 0.139. The van der Waals surface area contributed by atoms with Gasteiger partial charge in [0.1, 0.15) is 16.7 Å². The lowest BCUT2D eigenvalue weighted by Gasteiger charge is -2.43. The summed E-state index contributed by atoms with van der Waals surface area (Å²) in [5, 5.41) is 3.85. The predicted octanol–water partition coefficient (Wildman–Crippen LogP) is 8.31. The highest BCUT2D eigenvalue weighted by Crippen LogP contribution is 2.47. The fourth-order valence-corrected chi connectivity index (χ4v) is 7.91. The molecule has 1 amide bonds. The molecule has 9 heteroatoms. The summed E-state index contributed by atoms with van der Waals surface area (Å²) in [6.07, 6.45) is 11.9. The monoisotopic (exact) mass is 653 g/mol. The SMILES string of the molecule is CC/C=C/C(c1nccs1)C1CCC1CN1CC(c2ccc(Cl)cc2CCC)COc2ccc(C(=O)NS(=O)C(C)C)cc21. The molecule has 1 N–H and O–H groups in total. The molecule has 1 aliphatic carbocycles. The van der Waals surface area contributed by atoms with Crippen LogP contribution in [0.15, 0.2) is 60.1 Å². The van der Waals surface area contributed by atoms with E-state index in [1.807, 2.05) is 38.2 Å². The van der Waals surface area contributed by atoms with E-state index in [9.17, 15) is 9.00 Å². The van der Waals surface area contributed by atoms with Crippen LogP contribution in [-0.2, 0) is 17.4 Å². The molecule has 2 aliphatic rings. The van der Waals surface area contributed by atoms with E-state index < -0.39 is 11.0 Å². The van der Waals surface area contributed by atoms with Crippen molar-refractivity contribution in [2.75, 3.05) is 24.6 Å². The first kappa shape index (κ1) is 32.7. The van der Waals surface area contributed by atoms with Crippen LogP contribution < -0.4 is 14.4 Å². The minimum Gasteiger partial charge on any atom is -0.491 e. The Labute approximate surface area is 273 Å². The third kappa shape index (κ3) is 7.57. The maximum atomic E-state index is 13.1. The number of hydrogen-bond donors (Lipinski definition) is 1. The number of halogens is 1. The average Bonchev–Trinajstić information content (AvgIpc) is 3.47. The van der Waals surface area contributed by atoms with Crippen LogP contribution in [0.25, 0.3) is 0 Å². The number of nitrogens with zero attached hydrogens (tertiary/aromatic N) is 2. The van der Waals surface area contributed by atoms with E-state index >= 15 is 0 Å². The van der Waals surface area contributed by atoms with E-state index in [0.29, 0.717) is 29.9 Å². The summed E-state index contributed by atoms with van der Waals surface area (Å²) in [5.74, 6) is 1.87. The topological polar surface area (TPSA) is 71.5 Å². The van der Waals surface area contributed by atoms with Crippen molar-refractivity contribution in [1.29, 1.82) is 0 Å². The van der Waals surface area contributed by atoms with Gasteiger partial charge < -0.3 is 9.64 Å². The highest BCUT2D eigenvalue weighted by molar-refractivity contribution is 7.84. The van der Waals surface area contributed by atoms with Gasteiger partial charge in [0, 0.05) is 52.3 Å². The van der Waals surface area contributed by atoms with Gasteiger partial charge in [-0.15, -0.1) is 11.3 Å². The lowest BCUT2D eigenvalue weighted by Crippen LogP contribution is -2.42. The number of hydrogen-bond acceptors (Lipinski definition) is 6. The van der Waals surface area contributed by atoms with E-state index in [0.717, 1.165) is 55.2 Å². The molecular formula is C35H44ClN3O3S2. The molecular weight excluding hydrogens is 610 g/mol. The molecule has 0 saturated heterocycles. The highest BCUT2D eigenvalue weighted by atomic mass is 35.5. The average molecular weight is 654 g/mol. The summed E-state index contributed by atoms with van der Waals surface area (Å²) in [6.45, 7) is 10.2. The van der Waals surface area contributed by atoms with Crippen molar-refractivity contribution in [1.82, 2.24) is 9.71 Å². The fourth-order valence-electron chi connectivity index (χ4n) is 6.39. The van der Waals surface area contributed by atoms with Gasteiger partial charge in [-0.05, 0) is 92.8 Å². The quantitative estimate of drug-likeness (QED) is 0.199.